The monoisotopic (exact) mass is 317 g/mol. The van der Waals surface area contributed by atoms with Crippen LogP contribution in [0.1, 0.15) is 34.2 Å². The quantitative estimate of drug-likeness (QED) is 0.940. The summed E-state index contributed by atoms with van der Waals surface area (Å²) in [5.74, 6) is 0.631. The van der Waals surface area contributed by atoms with Crippen LogP contribution in [-0.4, -0.2) is 25.7 Å². The van der Waals surface area contributed by atoms with Gasteiger partial charge in [-0.2, -0.15) is 0 Å². The third-order valence-corrected chi connectivity index (χ3v) is 4.78. The first-order valence-electron chi connectivity index (χ1n) is 7.36. The largest absolute Gasteiger partial charge is 0.497 e. The summed E-state index contributed by atoms with van der Waals surface area (Å²) < 4.78 is 11.0. The van der Waals surface area contributed by atoms with E-state index < -0.39 is 0 Å². The lowest BCUT2D eigenvalue weighted by atomic mass is 10.0. The molecule has 4 nitrogen and oxygen atoms in total. The number of thiophene rings is 1. The van der Waals surface area contributed by atoms with Gasteiger partial charge in [-0.25, -0.2) is 0 Å². The molecule has 1 amide bonds. The minimum atomic E-state index is -0.0595. The highest BCUT2D eigenvalue weighted by molar-refractivity contribution is 7.10. The van der Waals surface area contributed by atoms with Crippen LogP contribution >= 0.6 is 11.3 Å². The minimum Gasteiger partial charge on any atom is -0.497 e. The molecule has 2 atom stereocenters. The van der Waals surface area contributed by atoms with Crippen molar-refractivity contribution in [1.29, 1.82) is 0 Å². The molecule has 1 fully saturated rings. The molecule has 0 saturated carbocycles. The number of hydrogen-bond acceptors (Lipinski definition) is 4. The van der Waals surface area contributed by atoms with Gasteiger partial charge in [0.2, 0.25) is 0 Å². The molecular formula is C17H19NO3S. The number of nitrogens with one attached hydrogen (secondary N) is 1. The van der Waals surface area contributed by atoms with Gasteiger partial charge in [0.05, 0.1) is 13.2 Å². The van der Waals surface area contributed by atoms with Gasteiger partial charge in [-0.05, 0) is 42.5 Å². The first-order valence-corrected chi connectivity index (χ1v) is 8.24. The Morgan fingerprint density at radius 1 is 1.36 bits per heavy atom. The summed E-state index contributed by atoms with van der Waals surface area (Å²) in [5.41, 5.74) is 0.624. The van der Waals surface area contributed by atoms with Gasteiger partial charge in [0.15, 0.2) is 0 Å². The molecule has 116 valence electrons. The molecule has 1 N–H and O–H groups in total. The van der Waals surface area contributed by atoms with Crippen LogP contribution in [0.3, 0.4) is 0 Å². The van der Waals surface area contributed by atoms with Crippen LogP contribution in [0.15, 0.2) is 41.8 Å². The van der Waals surface area contributed by atoms with E-state index in [1.54, 1.807) is 30.6 Å². The van der Waals surface area contributed by atoms with E-state index in [4.69, 9.17) is 9.47 Å². The first-order chi connectivity index (χ1) is 10.8. The number of carbonyl (C=O) groups excluding carboxylic acids is 1. The standard InChI is InChI=1S/C17H19NO3S/c1-20-14-5-2-4-12(10-14)17(19)18-13-7-8-21-15(11-13)16-6-3-9-22-16/h2-6,9-10,13,15H,7-8,11H2,1H3,(H,18,19)/t13-,15-/m0/s1. The molecule has 2 heterocycles. The van der Waals surface area contributed by atoms with Crippen molar-refractivity contribution in [3.05, 3.63) is 52.2 Å². The Morgan fingerprint density at radius 3 is 3.05 bits per heavy atom. The second kappa shape index (κ2) is 6.94. The van der Waals surface area contributed by atoms with Gasteiger partial charge < -0.3 is 14.8 Å². The van der Waals surface area contributed by atoms with Crippen molar-refractivity contribution >= 4 is 17.2 Å². The number of carbonyl (C=O) groups is 1. The molecule has 5 heteroatoms. The predicted molar refractivity (Wildman–Crippen MR) is 86.5 cm³/mol. The van der Waals surface area contributed by atoms with Gasteiger partial charge in [-0.3, -0.25) is 4.79 Å². The Balaban J connectivity index is 1.63. The van der Waals surface area contributed by atoms with Crippen molar-refractivity contribution in [1.82, 2.24) is 5.32 Å². The van der Waals surface area contributed by atoms with Crippen LogP contribution in [0.5, 0.6) is 5.75 Å². The van der Waals surface area contributed by atoms with E-state index in [9.17, 15) is 4.79 Å². The first kappa shape index (κ1) is 15.1. The highest BCUT2D eigenvalue weighted by Crippen LogP contribution is 2.31. The van der Waals surface area contributed by atoms with E-state index in [0.717, 1.165) is 12.8 Å². The van der Waals surface area contributed by atoms with Crippen LogP contribution in [0.2, 0.25) is 0 Å². The highest BCUT2D eigenvalue weighted by Gasteiger charge is 2.26. The molecule has 22 heavy (non-hydrogen) atoms. The number of ether oxygens (including phenoxy) is 2. The van der Waals surface area contributed by atoms with Crippen molar-refractivity contribution in [2.24, 2.45) is 0 Å². The molecule has 1 aromatic carbocycles. The Bertz CT molecular complexity index is 627. The molecule has 1 saturated heterocycles. The maximum absolute atomic E-state index is 12.4. The van der Waals surface area contributed by atoms with E-state index in [1.807, 2.05) is 18.2 Å². The van der Waals surface area contributed by atoms with Gasteiger partial charge >= 0.3 is 0 Å². The average Bonchev–Trinajstić information content (AvgIpc) is 3.10. The summed E-state index contributed by atoms with van der Waals surface area (Å²) in [4.78, 5) is 13.6. The minimum absolute atomic E-state index is 0.0595. The molecule has 1 aliphatic rings. The Morgan fingerprint density at radius 2 is 2.27 bits per heavy atom. The molecular weight excluding hydrogens is 298 g/mol. The molecule has 0 radical (unpaired) electrons. The molecule has 3 rings (SSSR count). The molecule has 0 bridgehead atoms. The average molecular weight is 317 g/mol. The van der Waals surface area contributed by atoms with E-state index in [1.165, 1.54) is 4.88 Å². The smallest absolute Gasteiger partial charge is 0.251 e. The third kappa shape index (κ3) is 3.48. The van der Waals surface area contributed by atoms with E-state index >= 15 is 0 Å². The second-order valence-electron chi connectivity index (χ2n) is 5.30. The summed E-state index contributed by atoms with van der Waals surface area (Å²) in [7, 11) is 1.60. The zero-order valence-corrected chi connectivity index (χ0v) is 13.3. The van der Waals surface area contributed by atoms with Crippen LogP contribution in [0.25, 0.3) is 0 Å². The van der Waals surface area contributed by atoms with Crippen molar-refractivity contribution in [3.63, 3.8) is 0 Å². The summed E-state index contributed by atoms with van der Waals surface area (Å²) in [5, 5.41) is 5.16. The van der Waals surface area contributed by atoms with Crippen LogP contribution in [-0.2, 0) is 4.74 Å². The predicted octanol–water partition coefficient (Wildman–Crippen LogP) is 3.41. The van der Waals surface area contributed by atoms with E-state index in [0.29, 0.717) is 17.9 Å². The van der Waals surface area contributed by atoms with Crippen LogP contribution in [0, 0.1) is 0 Å². The van der Waals surface area contributed by atoms with Gasteiger partial charge in [-0.1, -0.05) is 12.1 Å². The van der Waals surface area contributed by atoms with Crippen molar-refractivity contribution in [2.45, 2.75) is 25.0 Å². The lowest BCUT2D eigenvalue weighted by Gasteiger charge is -2.29. The summed E-state index contributed by atoms with van der Waals surface area (Å²) in [6.07, 6.45) is 1.75. The van der Waals surface area contributed by atoms with Crippen LogP contribution < -0.4 is 10.1 Å². The molecule has 2 aromatic rings. The zero-order chi connectivity index (χ0) is 15.4. The number of benzene rings is 1. The fourth-order valence-electron chi connectivity index (χ4n) is 2.63. The molecule has 0 unspecified atom stereocenters. The second-order valence-corrected chi connectivity index (χ2v) is 6.28. The fraction of sp³-hybridized carbons (Fsp3) is 0.353. The highest BCUT2D eigenvalue weighted by atomic mass is 32.1. The van der Waals surface area contributed by atoms with Crippen molar-refractivity contribution < 1.29 is 14.3 Å². The zero-order valence-electron chi connectivity index (χ0n) is 12.5. The van der Waals surface area contributed by atoms with Gasteiger partial charge in [0.25, 0.3) is 5.91 Å². The normalized spacial score (nSPS) is 21.3. The Hall–Kier alpha value is -1.85. The summed E-state index contributed by atoms with van der Waals surface area (Å²) in [6.45, 7) is 0.672. The Labute approximate surface area is 134 Å². The number of rotatable bonds is 4. The molecule has 0 aliphatic carbocycles. The number of amides is 1. The van der Waals surface area contributed by atoms with Crippen molar-refractivity contribution in [3.8, 4) is 5.75 Å². The molecule has 0 spiro atoms. The lowest BCUT2D eigenvalue weighted by molar-refractivity contribution is 0.00297. The van der Waals surface area contributed by atoms with Gasteiger partial charge in [-0.15, -0.1) is 11.3 Å². The number of hydrogen-bond donors (Lipinski definition) is 1. The van der Waals surface area contributed by atoms with E-state index in [-0.39, 0.29) is 18.1 Å². The van der Waals surface area contributed by atoms with Crippen molar-refractivity contribution in [2.75, 3.05) is 13.7 Å². The number of methoxy groups -OCH3 is 1. The fourth-order valence-corrected chi connectivity index (χ4v) is 3.42. The SMILES string of the molecule is COc1cccc(C(=O)N[C@H]2CCO[C@H](c3cccs3)C2)c1. The van der Waals surface area contributed by atoms with Gasteiger partial charge in [0, 0.05) is 23.1 Å². The lowest BCUT2D eigenvalue weighted by Crippen LogP contribution is -2.39. The molecule has 1 aromatic heterocycles. The summed E-state index contributed by atoms with van der Waals surface area (Å²) >= 11 is 1.70. The summed E-state index contributed by atoms with van der Waals surface area (Å²) in [6, 6.07) is 11.5. The maximum atomic E-state index is 12.4. The maximum Gasteiger partial charge on any atom is 0.251 e. The van der Waals surface area contributed by atoms with Gasteiger partial charge in [0.1, 0.15) is 5.75 Å². The topological polar surface area (TPSA) is 47.6 Å². The third-order valence-electron chi connectivity index (χ3n) is 3.81. The van der Waals surface area contributed by atoms with Crippen LogP contribution in [0.4, 0.5) is 0 Å². The van der Waals surface area contributed by atoms with E-state index in [2.05, 4.69) is 16.8 Å². The Kier molecular flexibility index (Phi) is 4.75. The molecule has 1 aliphatic heterocycles.